The monoisotopic (exact) mass is 200 g/mol. The zero-order chi connectivity index (χ0) is 10.3. The van der Waals surface area contributed by atoms with Crippen molar-refractivity contribution in [3.8, 4) is 11.5 Å². The highest BCUT2D eigenvalue weighted by Crippen LogP contribution is 2.20. The van der Waals surface area contributed by atoms with Crippen LogP contribution in [-0.2, 0) is 0 Å². The summed E-state index contributed by atoms with van der Waals surface area (Å²) < 4.78 is 5.08. The molecular formula is C10H8N4O. The highest BCUT2D eigenvalue weighted by Gasteiger charge is 2.07. The number of hydrogen-bond donors (Lipinski definition) is 1. The Morgan fingerprint density at radius 1 is 1.33 bits per heavy atom. The van der Waals surface area contributed by atoms with Crippen LogP contribution in [-0.4, -0.2) is 20.1 Å². The Balaban J connectivity index is 2.18. The second kappa shape index (κ2) is 2.91. The quantitative estimate of drug-likeness (QED) is 0.651. The fourth-order valence-corrected chi connectivity index (χ4v) is 1.48. The Hall–Kier alpha value is -2.17. The van der Waals surface area contributed by atoms with Gasteiger partial charge in [0.1, 0.15) is 0 Å². The van der Waals surface area contributed by atoms with E-state index in [2.05, 4.69) is 20.1 Å². The number of aryl methyl sites for hydroxylation is 1. The molecular weight excluding hydrogens is 192 g/mol. The molecule has 0 aliphatic heterocycles. The van der Waals surface area contributed by atoms with Crippen LogP contribution < -0.4 is 0 Å². The minimum atomic E-state index is 0.531. The van der Waals surface area contributed by atoms with Gasteiger partial charge >= 0.3 is 0 Å². The Kier molecular flexibility index (Phi) is 1.58. The highest BCUT2D eigenvalue weighted by atomic mass is 16.5. The largest absolute Gasteiger partial charge is 0.345 e. The Morgan fingerprint density at radius 3 is 3.07 bits per heavy atom. The molecule has 1 N–H and O–H groups in total. The number of imidazole rings is 1. The van der Waals surface area contributed by atoms with Gasteiger partial charge in [-0.05, 0) is 25.1 Å². The lowest BCUT2D eigenvalue weighted by atomic mass is 10.2. The molecule has 0 atom stereocenters. The normalized spacial score (nSPS) is 11.0. The number of nitrogens with one attached hydrogen (secondary N) is 1. The van der Waals surface area contributed by atoms with E-state index in [0.717, 1.165) is 16.6 Å². The second-order valence-electron chi connectivity index (χ2n) is 3.28. The summed E-state index contributed by atoms with van der Waals surface area (Å²) in [5.41, 5.74) is 2.78. The van der Waals surface area contributed by atoms with Crippen molar-refractivity contribution in [1.29, 1.82) is 0 Å². The molecule has 0 unspecified atom stereocenters. The van der Waals surface area contributed by atoms with Crippen molar-refractivity contribution >= 4 is 11.0 Å². The third-order valence-electron chi connectivity index (χ3n) is 2.19. The number of rotatable bonds is 1. The molecule has 0 radical (unpaired) electrons. The summed E-state index contributed by atoms with van der Waals surface area (Å²) in [7, 11) is 0. The van der Waals surface area contributed by atoms with Gasteiger partial charge in [0.05, 0.1) is 17.4 Å². The minimum Gasteiger partial charge on any atom is -0.345 e. The Morgan fingerprint density at radius 2 is 2.27 bits per heavy atom. The Labute approximate surface area is 85.1 Å². The SMILES string of the molecule is Cc1noc(-c2ccc3nc[nH]c3c2)n1. The van der Waals surface area contributed by atoms with E-state index in [1.54, 1.807) is 13.3 Å². The smallest absolute Gasteiger partial charge is 0.257 e. The minimum absolute atomic E-state index is 0.531. The first-order valence-corrected chi connectivity index (χ1v) is 4.57. The van der Waals surface area contributed by atoms with Crippen molar-refractivity contribution in [3.05, 3.63) is 30.4 Å². The molecule has 2 aromatic heterocycles. The van der Waals surface area contributed by atoms with Crippen LogP contribution in [0.1, 0.15) is 5.82 Å². The number of H-pyrrole nitrogens is 1. The second-order valence-corrected chi connectivity index (χ2v) is 3.28. The summed E-state index contributed by atoms with van der Waals surface area (Å²) in [4.78, 5) is 11.3. The fourth-order valence-electron chi connectivity index (χ4n) is 1.48. The molecule has 3 rings (SSSR count). The summed E-state index contributed by atoms with van der Waals surface area (Å²) in [6, 6.07) is 5.77. The maximum Gasteiger partial charge on any atom is 0.257 e. The van der Waals surface area contributed by atoms with Crippen molar-refractivity contribution in [2.75, 3.05) is 0 Å². The molecule has 0 saturated carbocycles. The lowest BCUT2D eigenvalue weighted by molar-refractivity contribution is 0.425. The summed E-state index contributed by atoms with van der Waals surface area (Å²) >= 11 is 0. The molecule has 2 heterocycles. The molecule has 0 spiro atoms. The summed E-state index contributed by atoms with van der Waals surface area (Å²) in [5.74, 6) is 1.17. The predicted octanol–water partition coefficient (Wildman–Crippen LogP) is 1.92. The fraction of sp³-hybridized carbons (Fsp3) is 0.100. The molecule has 5 heteroatoms. The molecule has 15 heavy (non-hydrogen) atoms. The van der Waals surface area contributed by atoms with Gasteiger partial charge < -0.3 is 9.51 Å². The molecule has 0 saturated heterocycles. The zero-order valence-electron chi connectivity index (χ0n) is 8.06. The number of nitrogens with zero attached hydrogens (tertiary/aromatic N) is 3. The molecule has 0 aliphatic rings. The highest BCUT2D eigenvalue weighted by molar-refractivity contribution is 5.79. The first kappa shape index (κ1) is 8.16. The van der Waals surface area contributed by atoms with Crippen LogP contribution in [0.4, 0.5) is 0 Å². The van der Waals surface area contributed by atoms with Gasteiger partial charge in [-0.15, -0.1) is 0 Å². The van der Waals surface area contributed by atoms with Crippen molar-refractivity contribution < 1.29 is 4.52 Å². The van der Waals surface area contributed by atoms with E-state index >= 15 is 0 Å². The lowest BCUT2D eigenvalue weighted by Crippen LogP contribution is -1.78. The van der Waals surface area contributed by atoms with E-state index in [9.17, 15) is 0 Å². The third-order valence-corrected chi connectivity index (χ3v) is 2.19. The van der Waals surface area contributed by atoms with Crippen molar-refractivity contribution in [2.24, 2.45) is 0 Å². The molecule has 0 fully saturated rings. The number of aromatic amines is 1. The molecule has 5 nitrogen and oxygen atoms in total. The van der Waals surface area contributed by atoms with Crippen molar-refractivity contribution in [1.82, 2.24) is 20.1 Å². The van der Waals surface area contributed by atoms with Gasteiger partial charge in [0.2, 0.25) is 0 Å². The first-order chi connectivity index (χ1) is 7.33. The topological polar surface area (TPSA) is 67.6 Å². The summed E-state index contributed by atoms with van der Waals surface area (Å²) in [6.45, 7) is 1.79. The van der Waals surface area contributed by atoms with Crippen LogP contribution in [0, 0.1) is 6.92 Å². The maximum atomic E-state index is 5.08. The Bertz CT molecular complexity index is 610. The van der Waals surface area contributed by atoms with Crippen molar-refractivity contribution in [3.63, 3.8) is 0 Å². The standard InChI is InChI=1S/C10H8N4O/c1-6-13-10(15-14-6)7-2-3-8-9(4-7)12-5-11-8/h2-5H,1H3,(H,11,12). The van der Waals surface area contributed by atoms with Gasteiger partial charge in [-0.3, -0.25) is 0 Å². The van der Waals surface area contributed by atoms with Gasteiger partial charge in [0, 0.05) is 5.56 Å². The molecule has 0 aliphatic carbocycles. The van der Waals surface area contributed by atoms with Crippen LogP contribution in [0.25, 0.3) is 22.5 Å². The van der Waals surface area contributed by atoms with E-state index in [1.807, 2.05) is 18.2 Å². The van der Waals surface area contributed by atoms with E-state index < -0.39 is 0 Å². The summed E-state index contributed by atoms with van der Waals surface area (Å²) in [5, 5.41) is 3.75. The van der Waals surface area contributed by atoms with Crippen LogP contribution in [0.3, 0.4) is 0 Å². The number of benzene rings is 1. The first-order valence-electron chi connectivity index (χ1n) is 4.57. The van der Waals surface area contributed by atoms with Gasteiger partial charge in [0.25, 0.3) is 5.89 Å². The van der Waals surface area contributed by atoms with Crippen LogP contribution in [0.15, 0.2) is 29.0 Å². The molecule has 1 aromatic carbocycles. The van der Waals surface area contributed by atoms with E-state index in [0.29, 0.717) is 11.7 Å². The van der Waals surface area contributed by atoms with Gasteiger partial charge in [-0.1, -0.05) is 5.16 Å². The van der Waals surface area contributed by atoms with Gasteiger partial charge in [0.15, 0.2) is 5.82 Å². The van der Waals surface area contributed by atoms with Gasteiger partial charge in [-0.2, -0.15) is 4.98 Å². The number of aromatic nitrogens is 4. The number of hydrogen-bond acceptors (Lipinski definition) is 4. The van der Waals surface area contributed by atoms with E-state index in [-0.39, 0.29) is 0 Å². The third kappa shape index (κ3) is 1.28. The average molecular weight is 200 g/mol. The zero-order valence-corrected chi connectivity index (χ0v) is 8.06. The van der Waals surface area contributed by atoms with E-state index in [1.165, 1.54) is 0 Å². The lowest BCUT2D eigenvalue weighted by Gasteiger charge is -1.93. The predicted molar refractivity (Wildman–Crippen MR) is 54.1 cm³/mol. The number of fused-ring (bicyclic) bond motifs is 1. The molecule has 3 aromatic rings. The summed E-state index contributed by atoms with van der Waals surface area (Å²) in [6.07, 6.45) is 1.66. The van der Waals surface area contributed by atoms with Crippen LogP contribution in [0.2, 0.25) is 0 Å². The molecule has 74 valence electrons. The van der Waals surface area contributed by atoms with Gasteiger partial charge in [-0.25, -0.2) is 4.98 Å². The molecule has 0 amide bonds. The van der Waals surface area contributed by atoms with Crippen LogP contribution >= 0.6 is 0 Å². The van der Waals surface area contributed by atoms with E-state index in [4.69, 9.17) is 4.52 Å². The van der Waals surface area contributed by atoms with Crippen LogP contribution in [0.5, 0.6) is 0 Å². The van der Waals surface area contributed by atoms with Crippen molar-refractivity contribution in [2.45, 2.75) is 6.92 Å². The average Bonchev–Trinajstić information content (AvgIpc) is 2.84. The maximum absolute atomic E-state index is 5.08. The molecule has 0 bridgehead atoms.